The number of hydrogen-bond donors (Lipinski definition) is 2. The molecule has 0 aliphatic rings. The Labute approximate surface area is 107 Å². The van der Waals surface area contributed by atoms with Crippen LogP contribution in [-0.2, 0) is 0 Å². The molecule has 2 aromatic rings. The molecule has 5 nitrogen and oxygen atoms in total. The van der Waals surface area contributed by atoms with Crippen LogP contribution in [0.1, 0.15) is 0 Å². The van der Waals surface area contributed by atoms with Crippen molar-refractivity contribution in [2.45, 2.75) is 0 Å². The van der Waals surface area contributed by atoms with Crippen LogP contribution in [0.5, 0.6) is 5.75 Å². The van der Waals surface area contributed by atoms with Crippen LogP contribution < -0.4 is 15.8 Å². The van der Waals surface area contributed by atoms with Gasteiger partial charge >= 0.3 is 0 Å². The highest BCUT2D eigenvalue weighted by atomic mass is 79.9. The molecule has 0 saturated carbocycles. The van der Waals surface area contributed by atoms with Gasteiger partial charge in [-0.05, 0) is 24.3 Å². The second-order valence-electron chi connectivity index (χ2n) is 3.27. The summed E-state index contributed by atoms with van der Waals surface area (Å²) < 4.78 is 6.19. The molecule has 0 atom stereocenters. The Kier molecular flexibility index (Phi) is 3.43. The fourth-order valence-electron chi connectivity index (χ4n) is 1.36. The molecule has 88 valence electrons. The van der Waals surface area contributed by atoms with Gasteiger partial charge in [0, 0.05) is 10.7 Å². The summed E-state index contributed by atoms with van der Waals surface area (Å²) >= 11 is 3.40. The lowest BCUT2D eigenvalue weighted by atomic mass is 10.3. The molecule has 1 aromatic heterocycles. The number of nitrogens with one attached hydrogen (secondary N) is 1. The standard InChI is InChI=1S/C11H11BrN4O/c1-17-9-3-2-7(12)6-8(9)15-10-4-5-14-11(13)16-10/h2-6H,1H3,(H3,13,14,15,16). The molecule has 0 saturated heterocycles. The fraction of sp³-hybridized carbons (Fsp3) is 0.0909. The highest BCUT2D eigenvalue weighted by molar-refractivity contribution is 9.10. The Morgan fingerprint density at radius 3 is 2.88 bits per heavy atom. The van der Waals surface area contributed by atoms with Crippen LogP contribution in [0.2, 0.25) is 0 Å². The smallest absolute Gasteiger partial charge is 0.221 e. The van der Waals surface area contributed by atoms with Crippen molar-refractivity contribution in [3.63, 3.8) is 0 Å². The third-order valence-electron chi connectivity index (χ3n) is 2.10. The van der Waals surface area contributed by atoms with Crippen molar-refractivity contribution in [2.24, 2.45) is 0 Å². The van der Waals surface area contributed by atoms with E-state index in [1.807, 2.05) is 18.2 Å². The van der Waals surface area contributed by atoms with Gasteiger partial charge in [0.2, 0.25) is 5.95 Å². The van der Waals surface area contributed by atoms with Crippen molar-refractivity contribution < 1.29 is 4.74 Å². The van der Waals surface area contributed by atoms with Crippen molar-refractivity contribution in [2.75, 3.05) is 18.2 Å². The number of methoxy groups -OCH3 is 1. The number of nitrogens with zero attached hydrogens (tertiary/aromatic N) is 2. The lowest BCUT2D eigenvalue weighted by Gasteiger charge is -2.10. The maximum absolute atomic E-state index is 5.51. The highest BCUT2D eigenvalue weighted by Gasteiger charge is 2.05. The molecule has 3 N–H and O–H groups in total. The number of rotatable bonds is 3. The van der Waals surface area contributed by atoms with E-state index in [0.29, 0.717) is 5.82 Å². The summed E-state index contributed by atoms with van der Waals surface area (Å²) in [6, 6.07) is 7.39. The highest BCUT2D eigenvalue weighted by Crippen LogP contribution is 2.29. The van der Waals surface area contributed by atoms with E-state index in [0.717, 1.165) is 15.9 Å². The lowest BCUT2D eigenvalue weighted by molar-refractivity contribution is 0.416. The maximum atomic E-state index is 5.51. The second-order valence-corrected chi connectivity index (χ2v) is 4.19. The minimum Gasteiger partial charge on any atom is -0.495 e. The average Bonchev–Trinajstić information content (AvgIpc) is 2.29. The monoisotopic (exact) mass is 294 g/mol. The Bertz CT molecular complexity index is 533. The Balaban J connectivity index is 2.32. The minimum absolute atomic E-state index is 0.226. The molecule has 1 aromatic carbocycles. The van der Waals surface area contributed by atoms with E-state index >= 15 is 0 Å². The van der Waals surface area contributed by atoms with Gasteiger partial charge in [0.1, 0.15) is 11.6 Å². The van der Waals surface area contributed by atoms with E-state index in [2.05, 4.69) is 31.2 Å². The summed E-state index contributed by atoms with van der Waals surface area (Å²) in [5.41, 5.74) is 6.32. The van der Waals surface area contributed by atoms with Crippen molar-refractivity contribution in [1.29, 1.82) is 0 Å². The number of halogens is 1. The normalized spacial score (nSPS) is 10.0. The van der Waals surface area contributed by atoms with E-state index in [1.165, 1.54) is 0 Å². The summed E-state index contributed by atoms with van der Waals surface area (Å²) in [6.45, 7) is 0. The van der Waals surface area contributed by atoms with Crippen LogP contribution in [0.15, 0.2) is 34.9 Å². The van der Waals surface area contributed by atoms with Gasteiger partial charge in [-0.15, -0.1) is 0 Å². The number of aromatic nitrogens is 2. The molecule has 0 radical (unpaired) electrons. The largest absolute Gasteiger partial charge is 0.495 e. The maximum Gasteiger partial charge on any atom is 0.221 e. The number of benzene rings is 1. The first kappa shape index (κ1) is 11.7. The third-order valence-corrected chi connectivity index (χ3v) is 2.59. The van der Waals surface area contributed by atoms with Crippen molar-refractivity contribution in [1.82, 2.24) is 9.97 Å². The quantitative estimate of drug-likeness (QED) is 0.910. The molecule has 0 bridgehead atoms. The van der Waals surface area contributed by atoms with Crippen LogP contribution in [0.3, 0.4) is 0 Å². The Morgan fingerprint density at radius 1 is 1.35 bits per heavy atom. The van der Waals surface area contributed by atoms with Crippen LogP contribution in [0.4, 0.5) is 17.5 Å². The second kappa shape index (κ2) is 5.01. The van der Waals surface area contributed by atoms with Crippen molar-refractivity contribution in [3.8, 4) is 5.75 Å². The van der Waals surface area contributed by atoms with E-state index in [4.69, 9.17) is 10.5 Å². The number of ether oxygens (including phenoxy) is 1. The van der Waals surface area contributed by atoms with Crippen LogP contribution in [-0.4, -0.2) is 17.1 Å². The summed E-state index contributed by atoms with van der Waals surface area (Å²) in [5, 5.41) is 3.12. The van der Waals surface area contributed by atoms with Crippen LogP contribution in [0, 0.1) is 0 Å². The van der Waals surface area contributed by atoms with Gasteiger partial charge in [0.15, 0.2) is 0 Å². The Hall–Kier alpha value is -1.82. The summed E-state index contributed by atoms with van der Waals surface area (Å²) in [4.78, 5) is 7.89. The molecule has 0 fully saturated rings. The average molecular weight is 295 g/mol. The summed E-state index contributed by atoms with van der Waals surface area (Å²) in [7, 11) is 1.61. The molecule has 2 rings (SSSR count). The molecule has 0 aliphatic carbocycles. The predicted molar refractivity (Wildman–Crippen MR) is 70.4 cm³/mol. The first-order valence-electron chi connectivity index (χ1n) is 4.88. The molecular weight excluding hydrogens is 284 g/mol. The first-order chi connectivity index (χ1) is 8.19. The van der Waals surface area contributed by atoms with Gasteiger partial charge in [-0.3, -0.25) is 0 Å². The molecule has 6 heteroatoms. The molecule has 0 unspecified atom stereocenters. The van der Waals surface area contributed by atoms with Gasteiger partial charge in [0.25, 0.3) is 0 Å². The van der Waals surface area contributed by atoms with E-state index in [9.17, 15) is 0 Å². The zero-order valence-corrected chi connectivity index (χ0v) is 10.7. The van der Waals surface area contributed by atoms with Gasteiger partial charge in [0.05, 0.1) is 12.8 Å². The third kappa shape index (κ3) is 2.85. The zero-order valence-electron chi connectivity index (χ0n) is 9.14. The van der Waals surface area contributed by atoms with E-state index in [-0.39, 0.29) is 5.95 Å². The first-order valence-corrected chi connectivity index (χ1v) is 5.67. The van der Waals surface area contributed by atoms with Gasteiger partial charge in [-0.25, -0.2) is 4.98 Å². The van der Waals surface area contributed by atoms with E-state index in [1.54, 1.807) is 19.4 Å². The van der Waals surface area contributed by atoms with Gasteiger partial charge in [-0.2, -0.15) is 4.98 Å². The molecule has 1 heterocycles. The molecule has 0 amide bonds. The summed E-state index contributed by atoms with van der Waals surface area (Å²) in [5.74, 6) is 1.57. The van der Waals surface area contributed by atoms with Crippen LogP contribution >= 0.6 is 15.9 Å². The van der Waals surface area contributed by atoms with Crippen molar-refractivity contribution >= 4 is 33.4 Å². The predicted octanol–water partition coefficient (Wildman–Crippen LogP) is 2.57. The fourth-order valence-corrected chi connectivity index (χ4v) is 1.72. The van der Waals surface area contributed by atoms with Crippen LogP contribution in [0.25, 0.3) is 0 Å². The van der Waals surface area contributed by atoms with E-state index < -0.39 is 0 Å². The topological polar surface area (TPSA) is 73.1 Å². The molecule has 0 spiro atoms. The van der Waals surface area contributed by atoms with Crippen molar-refractivity contribution in [3.05, 3.63) is 34.9 Å². The number of nitrogens with two attached hydrogens (primary N) is 1. The zero-order chi connectivity index (χ0) is 12.3. The Morgan fingerprint density at radius 2 is 2.18 bits per heavy atom. The summed E-state index contributed by atoms with van der Waals surface area (Å²) in [6.07, 6.45) is 1.59. The number of anilines is 3. The van der Waals surface area contributed by atoms with Gasteiger partial charge in [-0.1, -0.05) is 15.9 Å². The molecule has 17 heavy (non-hydrogen) atoms. The number of nitrogen functional groups attached to an aromatic ring is 1. The molecule has 0 aliphatic heterocycles. The molecular formula is C11H11BrN4O. The SMILES string of the molecule is COc1ccc(Br)cc1Nc1ccnc(N)n1. The lowest BCUT2D eigenvalue weighted by Crippen LogP contribution is -2.00. The van der Waals surface area contributed by atoms with Gasteiger partial charge < -0.3 is 15.8 Å². The minimum atomic E-state index is 0.226. The number of hydrogen-bond acceptors (Lipinski definition) is 5.